The van der Waals surface area contributed by atoms with Crippen LogP contribution in [0.5, 0.6) is 5.75 Å². The molecule has 1 aromatic carbocycles. The van der Waals surface area contributed by atoms with E-state index in [9.17, 15) is 4.79 Å². The first-order valence-electron chi connectivity index (χ1n) is 8.54. The minimum Gasteiger partial charge on any atom is -0.464 e. The molecule has 7 heteroatoms. The molecule has 0 unspecified atom stereocenters. The molecule has 0 fully saturated rings. The van der Waals surface area contributed by atoms with Crippen LogP contribution in [0.25, 0.3) is 10.9 Å². The zero-order valence-corrected chi connectivity index (χ0v) is 17.4. The molecule has 4 rings (SSSR count). The van der Waals surface area contributed by atoms with Gasteiger partial charge in [-0.1, -0.05) is 0 Å². The summed E-state index contributed by atoms with van der Waals surface area (Å²) in [7, 11) is 1.34. The fourth-order valence-electron chi connectivity index (χ4n) is 3.23. The Labute approximate surface area is 170 Å². The molecule has 0 saturated carbocycles. The van der Waals surface area contributed by atoms with Crippen molar-refractivity contribution in [2.75, 3.05) is 7.11 Å². The Kier molecular flexibility index (Phi) is 4.59. The summed E-state index contributed by atoms with van der Waals surface area (Å²) in [6.45, 7) is 4.57. The minimum atomic E-state index is -0.826. The number of hydrogen-bond acceptors (Lipinski definition) is 5. The van der Waals surface area contributed by atoms with E-state index in [2.05, 4.69) is 62.6 Å². The molecule has 0 spiro atoms. The average molecular weight is 478 g/mol. The van der Waals surface area contributed by atoms with Crippen LogP contribution in [0.3, 0.4) is 0 Å². The fraction of sp³-hybridized carbons (Fsp3) is 0.300. The molecular formula is C20H19IN2O4. The lowest BCUT2D eigenvalue weighted by Crippen LogP contribution is -2.37. The van der Waals surface area contributed by atoms with E-state index in [1.54, 1.807) is 6.20 Å². The zero-order valence-electron chi connectivity index (χ0n) is 15.3. The number of carbonyl (C=O) groups is 1. The van der Waals surface area contributed by atoms with Crippen molar-refractivity contribution in [3.05, 3.63) is 57.1 Å². The van der Waals surface area contributed by atoms with Gasteiger partial charge in [0.05, 0.1) is 13.7 Å². The summed E-state index contributed by atoms with van der Waals surface area (Å²) in [6, 6.07) is 8.43. The predicted molar refractivity (Wildman–Crippen MR) is 109 cm³/mol. The number of benzene rings is 1. The van der Waals surface area contributed by atoms with Gasteiger partial charge in [0.2, 0.25) is 5.79 Å². The molecule has 0 amide bonds. The SMILES string of the molecule is COC(=O)c1ncc(Cn2ccc3cc(I)ccc32)c2c1OC(C)(C)OC2. The highest BCUT2D eigenvalue weighted by atomic mass is 127. The van der Waals surface area contributed by atoms with Crippen molar-refractivity contribution in [3.63, 3.8) is 0 Å². The van der Waals surface area contributed by atoms with Crippen molar-refractivity contribution in [1.29, 1.82) is 0 Å². The number of nitrogens with zero attached hydrogens (tertiary/aromatic N) is 2. The van der Waals surface area contributed by atoms with Crippen molar-refractivity contribution in [2.24, 2.45) is 0 Å². The molecular weight excluding hydrogens is 459 g/mol. The summed E-state index contributed by atoms with van der Waals surface area (Å²) in [5, 5.41) is 1.18. The van der Waals surface area contributed by atoms with E-state index in [4.69, 9.17) is 14.2 Å². The van der Waals surface area contributed by atoms with Gasteiger partial charge in [-0.25, -0.2) is 9.78 Å². The van der Waals surface area contributed by atoms with Crippen molar-refractivity contribution in [3.8, 4) is 5.75 Å². The molecule has 27 heavy (non-hydrogen) atoms. The van der Waals surface area contributed by atoms with Crippen LogP contribution in [0, 0.1) is 3.57 Å². The maximum atomic E-state index is 12.1. The topological polar surface area (TPSA) is 62.6 Å². The number of rotatable bonds is 3. The minimum absolute atomic E-state index is 0.180. The Morgan fingerprint density at radius 3 is 2.96 bits per heavy atom. The summed E-state index contributed by atoms with van der Waals surface area (Å²) >= 11 is 2.31. The molecule has 1 aliphatic heterocycles. The van der Waals surface area contributed by atoms with E-state index in [1.165, 1.54) is 16.1 Å². The van der Waals surface area contributed by atoms with E-state index < -0.39 is 11.8 Å². The quantitative estimate of drug-likeness (QED) is 0.419. The number of methoxy groups -OCH3 is 1. The molecule has 6 nitrogen and oxygen atoms in total. The number of fused-ring (bicyclic) bond motifs is 2. The second-order valence-corrected chi connectivity index (χ2v) is 8.11. The molecule has 1 aliphatic rings. The van der Waals surface area contributed by atoms with Crippen molar-refractivity contribution < 1.29 is 19.0 Å². The number of aromatic nitrogens is 2. The van der Waals surface area contributed by atoms with Gasteiger partial charge < -0.3 is 18.8 Å². The number of carbonyl (C=O) groups excluding carboxylic acids is 1. The van der Waals surface area contributed by atoms with Crippen molar-refractivity contribution in [1.82, 2.24) is 9.55 Å². The summed E-state index contributed by atoms with van der Waals surface area (Å²) < 4.78 is 20.0. The number of hydrogen-bond donors (Lipinski definition) is 0. The lowest BCUT2D eigenvalue weighted by molar-refractivity contribution is -0.180. The van der Waals surface area contributed by atoms with E-state index in [0.29, 0.717) is 18.9 Å². The van der Waals surface area contributed by atoms with Crippen LogP contribution in [0.15, 0.2) is 36.7 Å². The number of halogens is 1. The van der Waals surface area contributed by atoms with Crippen LogP contribution in [0.2, 0.25) is 0 Å². The summed E-state index contributed by atoms with van der Waals surface area (Å²) in [5.41, 5.74) is 3.10. The average Bonchev–Trinajstić information content (AvgIpc) is 3.02. The van der Waals surface area contributed by atoms with Gasteiger partial charge in [0.15, 0.2) is 11.4 Å². The lowest BCUT2D eigenvalue weighted by Gasteiger charge is -2.34. The summed E-state index contributed by atoms with van der Waals surface area (Å²) in [4.78, 5) is 16.5. The number of esters is 1. The third-order valence-corrected chi connectivity index (χ3v) is 5.26. The Morgan fingerprint density at radius 1 is 1.37 bits per heavy atom. The van der Waals surface area contributed by atoms with Crippen molar-refractivity contribution in [2.45, 2.75) is 32.8 Å². The number of pyridine rings is 1. The summed E-state index contributed by atoms with van der Waals surface area (Å²) in [6.07, 6.45) is 3.75. The smallest absolute Gasteiger partial charge is 0.360 e. The molecule has 2 aromatic heterocycles. The largest absolute Gasteiger partial charge is 0.464 e. The molecule has 3 aromatic rings. The van der Waals surface area contributed by atoms with Gasteiger partial charge in [0, 0.05) is 52.8 Å². The van der Waals surface area contributed by atoms with Gasteiger partial charge >= 0.3 is 5.97 Å². The van der Waals surface area contributed by atoms with Gasteiger partial charge in [-0.15, -0.1) is 0 Å². The third-order valence-electron chi connectivity index (χ3n) is 4.59. The molecule has 0 radical (unpaired) electrons. The van der Waals surface area contributed by atoms with E-state index in [-0.39, 0.29) is 5.69 Å². The monoisotopic (exact) mass is 478 g/mol. The Morgan fingerprint density at radius 2 is 2.19 bits per heavy atom. The van der Waals surface area contributed by atoms with Gasteiger partial charge in [-0.05, 0) is 52.4 Å². The Hall–Kier alpha value is -2.13. The van der Waals surface area contributed by atoms with Crippen LogP contribution in [-0.4, -0.2) is 28.4 Å². The fourth-order valence-corrected chi connectivity index (χ4v) is 3.74. The van der Waals surface area contributed by atoms with Gasteiger partial charge in [0.1, 0.15) is 0 Å². The summed E-state index contributed by atoms with van der Waals surface area (Å²) in [5.74, 6) is -0.898. The van der Waals surface area contributed by atoms with Crippen molar-refractivity contribution >= 4 is 39.5 Å². The van der Waals surface area contributed by atoms with Crippen LogP contribution in [-0.2, 0) is 22.6 Å². The predicted octanol–water partition coefficient (Wildman–Crippen LogP) is 4.12. The normalized spacial score (nSPS) is 15.3. The first kappa shape index (κ1) is 18.2. The zero-order chi connectivity index (χ0) is 19.2. The third kappa shape index (κ3) is 3.41. The van der Waals surface area contributed by atoms with Crippen LogP contribution < -0.4 is 4.74 Å². The lowest BCUT2D eigenvalue weighted by atomic mass is 10.1. The highest BCUT2D eigenvalue weighted by molar-refractivity contribution is 14.1. The highest BCUT2D eigenvalue weighted by Crippen LogP contribution is 2.36. The van der Waals surface area contributed by atoms with E-state index >= 15 is 0 Å². The van der Waals surface area contributed by atoms with E-state index in [1.807, 2.05) is 13.8 Å². The molecule has 140 valence electrons. The van der Waals surface area contributed by atoms with Gasteiger partial charge in [-0.3, -0.25) is 0 Å². The number of ether oxygens (including phenoxy) is 3. The first-order valence-corrected chi connectivity index (χ1v) is 9.62. The van der Waals surface area contributed by atoms with Crippen LogP contribution in [0.4, 0.5) is 0 Å². The molecule has 3 heterocycles. The standard InChI is InChI=1S/C20H19IN2O4/c1-20(2)26-11-15-13(9-22-17(18(15)27-20)19(24)25-3)10-23-7-6-12-8-14(21)4-5-16(12)23/h4-9H,10-11H2,1-3H3. The molecule has 0 saturated heterocycles. The van der Waals surface area contributed by atoms with Crippen LogP contribution >= 0.6 is 22.6 Å². The Balaban J connectivity index is 1.78. The van der Waals surface area contributed by atoms with E-state index in [0.717, 1.165) is 16.6 Å². The Bertz CT molecular complexity index is 1040. The molecule has 0 N–H and O–H groups in total. The maximum Gasteiger partial charge on any atom is 0.360 e. The van der Waals surface area contributed by atoms with Crippen LogP contribution in [0.1, 0.15) is 35.5 Å². The van der Waals surface area contributed by atoms with Gasteiger partial charge in [-0.2, -0.15) is 0 Å². The maximum absolute atomic E-state index is 12.1. The highest BCUT2D eigenvalue weighted by Gasteiger charge is 2.33. The van der Waals surface area contributed by atoms with Gasteiger partial charge in [0.25, 0.3) is 0 Å². The molecule has 0 bridgehead atoms. The molecule has 0 atom stereocenters. The first-order chi connectivity index (χ1) is 12.9. The second-order valence-electron chi connectivity index (χ2n) is 6.87. The molecule has 0 aliphatic carbocycles. The second kappa shape index (κ2) is 6.79.